The van der Waals surface area contributed by atoms with Gasteiger partial charge in [0.15, 0.2) is 17.4 Å². The predicted octanol–water partition coefficient (Wildman–Crippen LogP) is 2.88. The fourth-order valence-electron chi connectivity index (χ4n) is 4.80. The number of carbonyl (C=O) groups excluding carboxylic acids is 1. The van der Waals surface area contributed by atoms with E-state index in [4.69, 9.17) is 4.42 Å². The van der Waals surface area contributed by atoms with Gasteiger partial charge in [-0.15, -0.1) is 10.2 Å². The maximum absolute atomic E-state index is 14.8. The first-order valence-corrected chi connectivity index (χ1v) is 12.2. The number of fused-ring (bicyclic) bond motifs is 2. The van der Waals surface area contributed by atoms with Gasteiger partial charge in [-0.05, 0) is 42.9 Å². The van der Waals surface area contributed by atoms with Crippen LogP contribution in [0.1, 0.15) is 33.2 Å². The van der Waals surface area contributed by atoms with Gasteiger partial charge in [0.1, 0.15) is 11.6 Å². The fraction of sp³-hybridized carbons (Fsp3) is 0.222. The van der Waals surface area contributed by atoms with Gasteiger partial charge in [0.05, 0.1) is 29.7 Å². The Hall–Kier alpha value is -4.64. The molecule has 0 unspecified atom stereocenters. The molecule has 11 heteroatoms. The minimum absolute atomic E-state index is 0.0211. The van der Waals surface area contributed by atoms with E-state index in [1.54, 1.807) is 29.2 Å². The second kappa shape index (κ2) is 9.67. The van der Waals surface area contributed by atoms with E-state index in [0.717, 1.165) is 5.76 Å². The van der Waals surface area contributed by atoms with Gasteiger partial charge in [0, 0.05) is 24.9 Å². The lowest BCUT2D eigenvalue weighted by Gasteiger charge is -2.28. The predicted molar refractivity (Wildman–Crippen MR) is 137 cm³/mol. The zero-order valence-corrected chi connectivity index (χ0v) is 20.6. The number of carbonyl (C=O) groups is 1. The van der Waals surface area contributed by atoms with Crippen LogP contribution in [0.15, 0.2) is 63.8 Å². The van der Waals surface area contributed by atoms with E-state index >= 15 is 0 Å². The number of hydrogen-bond acceptors (Lipinski definition) is 7. The Balaban J connectivity index is 1.23. The van der Waals surface area contributed by atoms with Crippen molar-refractivity contribution in [2.75, 3.05) is 13.6 Å². The highest BCUT2D eigenvalue weighted by molar-refractivity contribution is 5.94. The van der Waals surface area contributed by atoms with Gasteiger partial charge in [-0.2, -0.15) is 5.10 Å². The number of furan rings is 1. The zero-order valence-electron chi connectivity index (χ0n) is 20.6. The van der Waals surface area contributed by atoms with Crippen molar-refractivity contribution in [2.24, 2.45) is 0 Å². The summed E-state index contributed by atoms with van der Waals surface area (Å²) in [7, 11) is 1.84. The number of rotatable bonds is 6. The molecular weight excluding hydrogens is 489 g/mol. The van der Waals surface area contributed by atoms with Crippen LogP contribution in [-0.4, -0.2) is 49.4 Å². The second-order valence-electron chi connectivity index (χ2n) is 9.15. The summed E-state index contributed by atoms with van der Waals surface area (Å²) in [4.78, 5) is 27.1. The SMILES string of the molecule is CNCc1ccc(-c2nnc3n2CCN(C(=O)c2cc(Cc4n[nH]c(=O)c5ccccc45)ccc2F)C3)o1. The highest BCUT2D eigenvalue weighted by atomic mass is 19.1. The molecule has 2 N–H and O–H groups in total. The summed E-state index contributed by atoms with van der Waals surface area (Å²) in [5.41, 5.74) is 1.05. The summed E-state index contributed by atoms with van der Waals surface area (Å²) in [6, 6.07) is 15.4. The van der Waals surface area contributed by atoms with Crippen molar-refractivity contribution in [3.63, 3.8) is 0 Å². The molecule has 2 aromatic carbocycles. The number of nitrogens with zero attached hydrogens (tertiary/aromatic N) is 5. The van der Waals surface area contributed by atoms with Crippen LogP contribution in [0.2, 0.25) is 0 Å². The largest absolute Gasteiger partial charge is 0.456 e. The van der Waals surface area contributed by atoms with Crippen molar-refractivity contribution in [3.8, 4) is 11.6 Å². The lowest BCUT2D eigenvalue weighted by molar-refractivity contribution is 0.0703. The maximum atomic E-state index is 14.8. The molecule has 0 saturated heterocycles. The first kappa shape index (κ1) is 23.7. The summed E-state index contributed by atoms with van der Waals surface area (Å²) >= 11 is 0. The topological polar surface area (TPSA) is 122 Å². The summed E-state index contributed by atoms with van der Waals surface area (Å²) in [6.07, 6.45) is 0.328. The van der Waals surface area contributed by atoms with E-state index in [1.165, 1.54) is 6.07 Å². The summed E-state index contributed by atoms with van der Waals surface area (Å²) in [6.45, 7) is 1.63. The highest BCUT2D eigenvalue weighted by Gasteiger charge is 2.28. The van der Waals surface area contributed by atoms with E-state index < -0.39 is 11.7 Å². The van der Waals surface area contributed by atoms with Crippen LogP contribution in [-0.2, 0) is 26.1 Å². The Bertz CT molecular complexity index is 1720. The third-order valence-electron chi connectivity index (χ3n) is 6.68. The van der Waals surface area contributed by atoms with E-state index in [9.17, 15) is 14.0 Å². The van der Waals surface area contributed by atoms with E-state index in [0.29, 0.717) is 65.5 Å². The molecule has 3 aromatic heterocycles. The first-order chi connectivity index (χ1) is 18.5. The molecule has 5 aromatic rings. The van der Waals surface area contributed by atoms with Crippen LogP contribution in [0.3, 0.4) is 0 Å². The molecule has 192 valence electrons. The standard InChI is InChI=1S/C27H24FN7O3/c1-29-14-17-7-9-23(38-17)25-32-31-24-15-34(10-11-35(24)25)27(37)20-12-16(6-8-21(20)28)13-22-18-4-2-3-5-19(18)26(36)33-30-22/h2-9,12,29H,10-11,13-15H2,1H3,(H,33,36). The molecule has 0 atom stereocenters. The molecule has 0 spiro atoms. The molecule has 0 saturated carbocycles. The van der Waals surface area contributed by atoms with Crippen LogP contribution >= 0.6 is 0 Å². The van der Waals surface area contributed by atoms with Gasteiger partial charge >= 0.3 is 0 Å². The second-order valence-corrected chi connectivity index (χ2v) is 9.15. The van der Waals surface area contributed by atoms with Crippen LogP contribution in [0.25, 0.3) is 22.4 Å². The number of benzene rings is 2. The van der Waals surface area contributed by atoms with E-state index in [2.05, 4.69) is 25.7 Å². The quantitative estimate of drug-likeness (QED) is 0.358. The molecule has 38 heavy (non-hydrogen) atoms. The number of halogens is 1. The molecule has 0 radical (unpaired) electrons. The average molecular weight is 514 g/mol. The van der Waals surface area contributed by atoms with Gasteiger partial charge < -0.3 is 19.2 Å². The first-order valence-electron chi connectivity index (χ1n) is 12.2. The Kier molecular flexibility index (Phi) is 6.04. The summed E-state index contributed by atoms with van der Waals surface area (Å²) < 4.78 is 22.6. The normalized spacial score (nSPS) is 13.2. The number of nitrogens with one attached hydrogen (secondary N) is 2. The van der Waals surface area contributed by atoms with Gasteiger partial charge in [0.25, 0.3) is 11.5 Å². The minimum atomic E-state index is -0.599. The fourth-order valence-corrected chi connectivity index (χ4v) is 4.80. The smallest absolute Gasteiger partial charge is 0.272 e. The third kappa shape index (κ3) is 4.26. The molecule has 1 aliphatic heterocycles. The average Bonchev–Trinajstić information content (AvgIpc) is 3.58. The van der Waals surface area contributed by atoms with Gasteiger partial charge in [0.2, 0.25) is 0 Å². The van der Waals surface area contributed by atoms with Crippen molar-refractivity contribution >= 4 is 16.7 Å². The van der Waals surface area contributed by atoms with Crippen LogP contribution in [0.4, 0.5) is 4.39 Å². The summed E-state index contributed by atoms with van der Waals surface area (Å²) in [5.74, 6) is 1.57. The van der Waals surface area contributed by atoms with Crippen molar-refractivity contribution in [1.82, 2.24) is 35.2 Å². The van der Waals surface area contributed by atoms with Crippen molar-refractivity contribution in [1.29, 1.82) is 0 Å². The van der Waals surface area contributed by atoms with Crippen LogP contribution in [0.5, 0.6) is 0 Å². The monoisotopic (exact) mass is 513 g/mol. The molecule has 1 amide bonds. The van der Waals surface area contributed by atoms with Crippen LogP contribution in [0, 0.1) is 5.82 Å². The molecule has 10 nitrogen and oxygen atoms in total. The molecule has 0 bridgehead atoms. The molecule has 0 fully saturated rings. The maximum Gasteiger partial charge on any atom is 0.272 e. The van der Waals surface area contributed by atoms with Crippen molar-refractivity contribution < 1.29 is 13.6 Å². The third-order valence-corrected chi connectivity index (χ3v) is 6.68. The molecule has 6 rings (SSSR count). The Morgan fingerprint density at radius 1 is 1.11 bits per heavy atom. The highest BCUT2D eigenvalue weighted by Crippen LogP contribution is 2.25. The van der Waals surface area contributed by atoms with Gasteiger partial charge in [-0.3, -0.25) is 9.59 Å². The van der Waals surface area contributed by atoms with Crippen molar-refractivity contribution in [2.45, 2.75) is 26.1 Å². The molecular formula is C27H24FN7O3. The number of amides is 1. The molecule has 1 aliphatic rings. The van der Waals surface area contributed by atoms with Crippen molar-refractivity contribution in [3.05, 3.63) is 99.2 Å². The number of H-pyrrole nitrogens is 1. The summed E-state index contributed by atoms with van der Waals surface area (Å²) in [5, 5.41) is 19.5. The van der Waals surface area contributed by atoms with Gasteiger partial charge in [-0.25, -0.2) is 9.49 Å². The molecule has 4 heterocycles. The zero-order chi connectivity index (χ0) is 26.2. The number of aromatic amines is 1. The Morgan fingerprint density at radius 3 is 2.79 bits per heavy atom. The minimum Gasteiger partial charge on any atom is -0.456 e. The van der Waals surface area contributed by atoms with E-state index in [-0.39, 0.29) is 17.7 Å². The number of hydrogen-bond donors (Lipinski definition) is 2. The lowest BCUT2D eigenvalue weighted by Crippen LogP contribution is -2.39. The lowest BCUT2D eigenvalue weighted by atomic mass is 10.0. The van der Waals surface area contributed by atoms with E-state index in [1.807, 2.05) is 35.9 Å². The van der Waals surface area contributed by atoms with Crippen LogP contribution < -0.4 is 10.9 Å². The molecule has 0 aliphatic carbocycles. The Labute approximate surface area is 216 Å². The Morgan fingerprint density at radius 2 is 1.95 bits per heavy atom. The number of aromatic nitrogens is 5. The van der Waals surface area contributed by atoms with Gasteiger partial charge in [-0.1, -0.05) is 24.3 Å².